The molecule has 0 fully saturated rings. The Morgan fingerprint density at radius 3 is 2.50 bits per heavy atom. The van der Waals surface area contributed by atoms with Crippen LogP contribution in [-0.4, -0.2) is 30.4 Å². The first-order valence-electron chi connectivity index (χ1n) is 6.64. The van der Waals surface area contributed by atoms with Crippen LogP contribution in [0, 0.1) is 11.7 Å². The van der Waals surface area contributed by atoms with Gasteiger partial charge in [0.05, 0.1) is 6.42 Å². The van der Waals surface area contributed by atoms with E-state index in [-0.39, 0.29) is 36.6 Å². The van der Waals surface area contributed by atoms with Gasteiger partial charge in [-0.25, -0.2) is 4.39 Å². The van der Waals surface area contributed by atoms with E-state index in [1.807, 2.05) is 0 Å². The Kier molecular flexibility index (Phi) is 8.42. The molecule has 1 atom stereocenters. The van der Waals surface area contributed by atoms with E-state index in [0.29, 0.717) is 18.0 Å². The molecule has 1 amide bonds. The monoisotopic (exact) mass is 302 g/mol. The highest BCUT2D eigenvalue weighted by atomic mass is 35.5. The standard InChI is InChI=1S/C15H23FN2O.ClH/c1-11(2)14(17)8-9-18(3)15(19)10-12-6-4-5-7-13(12)16;/h4-7,11,14H,8-10,17H2,1-3H3;1H. The summed E-state index contributed by atoms with van der Waals surface area (Å²) in [5, 5.41) is 0. The molecular weight excluding hydrogens is 279 g/mol. The van der Waals surface area contributed by atoms with Gasteiger partial charge in [-0.1, -0.05) is 32.0 Å². The number of likely N-dealkylation sites (N-methyl/N-ethyl adjacent to an activating group) is 1. The maximum absolute atomic E-state index is 13.4. The third-order valence-electron chi connectivity index (χ3n) is 3.38. The SMILES string of the molecule is CC(C)C(N)CCN(C)C(=O)Cc1ccccc1F.Cl. The summed E-state index contributed by atoms with van der Waals surface area (Å²) in [4.78, 5) is 13.6. The Labute approximate surface area is 126 Å². The van der Waals surface area contributed by atoms with Crippen molar-refractivity contribution in [1.82, 2.24) is 4.90 Å². The zero-order chi connectivity index (χ0) is 14.4. The van der Waals surface area contributed by atoms with Crippen LogP contribution in [0.4, 0.5) is 4.39 Å². The maximum atomic E-state index is 13.4. The minimum Gasteiger partial charge on any atom is -0.345 e. The number of nitrogens with two attached hydrogens (primary N) is 1. The highest BCUT2D eigenvalue weighted by Gasteiger charge is 2.14. The maximum Gasteiger partial charge on any atom is 0.226 e. The van der Waals surface area contributed by atoms with E-state index in [0.717, 1.165) is 6.42 Å². The van der Waals surface area contributed by atoms with Crippen LogP contribution in [0.1, 0.15) is 25.8 Å². The number of rotatable bonds is 6. The van der Waals surface area contributed by atoms with Gasteiger partial charge in [0.1, 0.15) is 5.82 Å². The van der Waals surface area contributed by atoms with Gasteiger partial charge in [0.15, 0.2) is 0 Å². The molecule has 20 heavy (non-hydrogen) atoms. The first-order chi connectivity index (χ1) is 8.91. The highest BCUT2D eigenvalue weighted by molar-refractivity contribution is 5.85. The van der Waals surface area contributed by atoms with Gasteiger partial charge in [-0.15, -0.1) is 12.4 Å². The third-order valence-corrected chi connectivity index (χ3v) is 3.38. The van der Waals surface area contributed by atoms with Crippen molar-refractivity contribution in [3.05, 3.63) is 35.6 Å². The van der Waals surface area contributed by atoms with Crippen LogP contribution in [0.2, 0.25) is 0 Å². The molecule has 114 valence electrons. The van der Waals surface area contributed by atoms with Gasteiger partial charge in [0.2, 0.25) is 5.91 Å². The highest BCUT2D eigenvalue weighted by Crippen LogP contribution is 2.09. The fourth-order valence-corrected chi connectivity index (χ4v) is 1.74. The van der Waals surface area contributed by atoms with Crippen LogP contribution in [0.25, 0.3) is 0 Å². The minimum atomic E-state index is -0.330. The molecule has 0 saturated carbocycles. The van der Waals surface area contributed by atoms with Crippen LogP contribution in [-0.2, 0) is 11.2 Å². The van der Waals surface area contributed by atoms with Gasteiger partial charge in [0.25, 0.3) is 0 Å². The topological polar surface area (TPSA) is 46.3 Å². The molecular formula is C15H24ClFN2O. The first kappa shape index (κ1) is 18.9. The molecule has 0 aliphatic rings. The molecule has 1 rings (SSSR count). The molecule has 0 aliphatic carbocycles. The summed E-state index contributed by atoms with van der Waals surface area (Å²) in [7, 11) is 1.73. The van der Waals surface area contributed by atoms with Gasteiger partial charge >= 0.3 is 0 Å². The molecule has 0 bridgehead atoms. The second-order valence-corrected chi connectivity index (χ2v) is 5.28. The summed E-state index contributed by atoms with van der Waals surface area (Å²) >= 11 is 0. The molecule has 2 N–H and O–H groups in total. The van der Waals surface area contributed by atoms with E-state index in [1.54, 1.807) is 30.1 Å². The number of amides is 1. The van der Waals surface area contributed by atoms with Crippen molar-refractivity contribution in [1.29, 1.82) is 0 Å². The number of carbonyl (C=O) groups is 1. The lowest BCUT2D eigenvalue weighted by Crippen LogP contribution is -2.35. The molecule has 1 unspecified atom stereocenters. The molecule has 3 nitrogen and oxygen atoms in total. The van der Waals surface area contributed by atoms with Crippen LogP contribution in [0.3, 0.4) is 0 Å². The van der Waals surface area contributed by atoms with Crippen molar-refractivity contribution in [3.63, 3.8) is 0 Å². The van der Waals surface area contributed by atoms with E-state index in [9.17, 15) is 9.18 Å². The van der Waals surface area contributed by atoms with Crippen molar-refractivity contribution in [3.8, 4) is 0 Å². The molecule has 0 heterocycles. The quantitative estimate of drug-likeness (QED) is 0.878. The molecule has 1 aromatic carbocycles. The van der Waals surface area contributed by atoms with Crippen molar-refractivity contribution in [2.24, 2.45) is 11.7 Å². The minimum absolute atomic E-state index is 0. The smallest absolute Gasteiger partial charge is 0.226 e. The summed E-state index contributed by atoms with van der Waals surface area (Å²) in [6, 6.07) is 6.46. The van der Waals surface area contributed by atoms with Gasteiger partial charge in [0, 0.05) is 19.6 Å². The fraction of sp³-hybridized carbons (Fsp3) is 0.533. The molecule has 0 saturated heterocycles. The van der Waals surface area contributed by atoms with E-state index < -0.39 is 0 Å². The Hall–Kier alpha value is -1.13. The molecule has 1 aromatic rings. The third kappa shape index (κ3) is 5.88. The number of nitrogens with zero attached hydrogens (tertiary/aromatic N) is 1. The lowest BCUT2D eigenvalue weighted by molar-refractivity contribution is -0.129. The number of halogens is 2. The molecule has 0 radical (unpaired) electrons. The second-order valence-electron chi connectivity index (χ2n) is 5.28. The van der Waals surface area contributed by atoms with Gasteiger partial charge in [-0.3, -0.25) is 4.79 Å². The predicted molar refractivity (Wildman–Crippen MR) is 82.4 cm³/mol. The van der Waals surface area contributed by atoms with Gasteiger partial charge in [-0.05, 0) is 24.0 Å². The summed E-state index contributed by atoms with van der Waals surface area (Å²) in [5.74, 6) is -0.0146. The van der Waals surface area contributed by atoms with Crippen LogP contribution >= 0.6 is 12.4 Å². The summed E-state index contributed by atoms with van der Waals surface area (Å²) in [6.45, 7) is 4.73. The van der Waals surface area contributed by atoms with E-state index in [4.69, 9.17) is 5.73 Å². The van der Waals surface area contributed by atoms with E-state index in [1.165, 1.54) is 6.07 Å². The zero-order valence-corrected chi connectivity index (χ0v) is 13.1. The number of hydrogen-bond donors (Lipinski definition) is 1. The lowest BCUT2D eigenvalue weighted by Gasteiger charge is -2.21. The Balaban J connectivity index is 0.00000361. The predicted octanol–water partition coefficient (Wildman–Crippen LogP) is 2.62. The van der Waals surface area contributed by atoms with Gasteiger partial charge < -0.3 is 10.6 Å². The van der Waals surface area contributed by atoms with Crippen molar-refractivity contribution in [2.75, 3.05) is 13.6 Å². The zero-order valence-electron chi connectivity index (χ0n) is 12.3. The van der Waals surface area contributed by atoms with Gasteiger partial charge in [-0.2, -0.15) is 0 Å². The first-order valence-corrected chi connectivity index (χ1v) is 6.64. The van der Waals surface area contributed by atoms with E-state index in [2.05, 4.69) is 13.8 Å². The number of hydrogen-bond acceptors (Lipinski definition) is 2. The van der Waals surface area contributed by atoms with Crippen molar-refractivity contribution >= 4 is 18.3 Å². The molecule has 0 aromatic heterocycles. The van der Waals surface area contributed by atoms with Crippen LogP contribution in [0.15, 0.2) is 24.3 Å². The summed E-state index contributed by atoms with van der Waals surface area (Å²) < 4.78 is 13.4. The second kappa shape index (κ2) is 8.93. The summed E-state index contributed by atoms with van der Waals surface area (Å²) in [5.41, 5.74) is 6.38. The number of benzene rings is 1. The molecule has 0 aliphatic heterocycles. The van der Waals surface area contributed by atoms with E-state index >= 15 is 0 Å². The normalized spacial score (nSPS) is 11.9. The van der Waals surface area contributed by atoms with Crippen molar-refractivity contribution in [2.45, 2.75) is 32.7 Å². The number of carbonyl (C=O) groups excluding carboxylic acids is 1. The van der Waals surface area contributed by atoms with Crippen molar-refractivity contribution < 1.29 is 9.18 Å². The molecule has 0 spiro atoms. The summed E-state index contributed by atoms with van der Waals surface area (Å²) in [6.07, 6.45) is 0.858. The Morgan fingerprint density at radius 2 is 1.95 bits per heavy atom. The van der Waals surface area contributed by atoms with Crippen LogP contribution < -0.4 is 5.73 Å². The van der Waals surface area contributed by atoms with Crippen LogP contribution in [0.5, 0.6) is 0 Å². The lowest BCUT2D eigenvalue weighted by atomic mass is 10.0. The Morgan fingerprint density at radius 1 is 1.35 bits per heavy atom. The Bertz CT molecular complexity index is 426. The fourth-order valence-electron chi connectivity index (χ4n) is 1.74. The average Bonchev–Trinajstić information content (AvgIpc) is 2.37. The average molecular weight is 303 g/mol. The molecule has 5 heteroatoms. The largest absolute Gasteiger partial charge is 0.345 e.